The molecule has 42 heavy (non-hydrogen) atoms. The van der Waals surface area contributed by atoms with Gasteiger partial charge in [-0.1, -0.05) is 42.5 Å². The molecule has 2 heterocycles. The molecular formula is C35H32N4O3. The average Bonchev–Trinajstić information content (AvgIpc) is 3.50. The number of carbonyl (C=O) groups is 1. The Bertz CT molecular complexity index is 1620. The fraction of sp³-hybridized carbons (Fsp3) is 0.200. The number of para-hydroxylation sites is 1. The summed E-state index contributed by atoms with van der Waals surface area (Å²) >= 11 is 0. The number of ether oxygens (including phenoxy) is 2. The third-order valence-corrected chi connectivity index (χ3v) is 7.70. The molecule has 0 saturated heterocycles. The molecule has 2 aliphatic rings. The molecule has 0 aromatic heterocycles. The second kappa shape index (κ2) is 12.2. The number of anilines is 1. The van der Waals surface area contributed by atoms with Crippen LogP contribution in [0.1, 0.15) is 51.5 Å². The van der Waals surface area contributed by atoms with Crippen LogP contribution in [0.15, 0.2) is 103 Å². The lowest BCUT2D eigenvalue weighted by Gasteiger charge is -2.37. The standard InChI is InChI=1S/C35H32N4O3/c1-41-29-19-17-28(18-20-29)37-21-5-4-6-24-9-13-26(14-10-24)31-22-32-30-7-2-3-8-33(30)42-35(39(32)38-31)34(40)27-15-11-25(23-36)12-16-27/h2-3,7-20,22,32,35,37-38H,4-6,21H2,1H3. The van der Waals surface area contributed by atoms with Crippen molar-refractivity contribution < 1.29 is 14.3 Å². The van der Waals surface area contributed by atoms with Crippen molar-refractivity contribution in [3.8, 4) is 17.6 Å². The van der Waals surface area contributed by atoms with Gasteiger partial charge in [-0.15, -0.1) is 0 Å². The van der Waals surface area contributed by atoms with Gasteiger partial charge in [-0.05, 0) is 91.1 Å². The van der Waals surface area contributed by atoms with Gasteiger partial charge in [-0.2, -0.15) is 10.3 Å². The molecule has 0 aliphatic carbocycles. The summed E-state index contributed by atoms with van der Waals surface area (Å²) in [6, 6.07) is 33.0. The largest absolute Gasteiger partial charge is 0.497 e. The highest BCUT2D eigenvalue weighted by Crippen LogP contribution is 2.42. The van der Waals surface area contributed by atoms with Gasteiger partial charge < -0.3 is 20.2 Å². The van der Waals surface area contributed by atoms with Crippen molar-refractivity contribution in [1.82, 2.24) is 10.4 Å². The molecule has 2 atom stereocenters. The summed E-state index contributed by atoms with van der Waals surface area (Å²) in [5, 5.41) is 14.5. The van der Waals surface area contributed by atoms with Gasteiger partial charge in [0.25, 0.3) is 0 Å². The molecular weight excluding hydrogens is 524 g/mol. The van der Waals surface area contributed by atoms with E-state index in [-0.39, 0.29) is 11.8 Å². The first kappa shape index (κ1) is 27.1. The number of benzene rings is 4. The van der Waals surface area contributed by atoms with Gasteiger partial charge in [0.05, 0.1) is 30.5 Å². The van der Waals surface area contributed by atoms with Crippen LogP contribution in [0, 0.1) is 11.3 Å². The third-order valence-electron chi connectivity index (χ3n) is 7.70. The SMILES string of the molecule is COc1ccc(NCCCCc2ccc(C3=CC4c5ccccc5OC(C(=O)c5ccc(C#N)cc5)N4N3)cc2)cc1. The zero-order valence-corrected chi connectivity index (χ0v) is 23.4. The van der Waals surface area contributed by atoms with Gasteiger partial charge in [0.2, 0.25) is 12.0 Å². The van der Waals surface area contributed by atoms with Gasteiger partial charge in [-0.25, -0.2) is 0 Å². The monoisotopic (exact) mass is 556 g/mol. The van der Waals surface area contributed by atoms with Crippen LogP contribution in [0.3, 0.4) is 0 Å². The lowest BCUT2D eigenvalue weighted by Crippen LogP contribution is -2.52. The van der Waals surface area contributed by atoms with Crippen LogP contribution in [0.4, 0.5) is 5.69 Å². The smallest absolute Gasteiger partial charge is 0.233 e. The fourth-order valence-corrected chi connectivity index (χ4v) is 5.38. The Balaban J connectivity index is 1.10. The number of fused-ring (bicyclic) bond motifs is 3. The van der Waals surface area contributed by atoms with E-state index in [4.69, 9.17) is 14.7 Å². The molecule has 7 nitrogen and oxygen atoms in total. The van der Waals surface area contributed by atoms with Crippen LogP contribution in [-0.2, 0) is 6.42 Å². The maximum absolute atomic E-state index is 13.6. The molecule has 0 bridgehead atoms. The van der Waals surface area contributed by atoms with Crippen LogP contribution < -0.4 is 20.2 Å². The van der Waals surface area contributed by atoms with Crippen molar-refractivity contribution in [2.75, 3.05) is 19.0 Å². The number of Topliss-reactive ketones (excluding diaryl/α,β-unsaturated/α-hetero) is 1. The van der Waals surface area contributed by atoms with E-state index in [9.17, 15) is 4.79 Å². The summed E-state index contributed by atoms with van der Waals surface area (Å²) in [6.07, 6.45) is 4.48. The molecule has 0 fully saturated rings. The molecule has 7 heteroatoms. The minimum absolute atomic E-state index is 0.157. The topological polar surface area (TPSA) is 86.6 Å². The molecule has 2 N–H and O–H groups in total. The zero-order chi connectivity index (χ0) is 28.9. The maximum Gasteiger partial charge on any atom is 0.233 e. The van der Waals surface area contributed by atoms with E-state index in [0.717, 1.165) is 54.1 Å². The van der Waals surface area contributed by atoms with Crippen LogP contribution in [0.2, 0.25) is 0 Å². The number of nitrogens with one attached hydrogen (secondary N) is 2. The van der Waals surface area contributed by atoms with E-state index < -0.39 is 6.23 Å². The van der Waals surface area contributed by atoms with Crippen LogP contribution in [0.5, 0.6) is 11.5 Å². The Labute approximate surface area is 246 Å². The van der Waals surface area contributed by atoms with E-state index in [1.165, 1.54) is 5.56 Å². The van der Waals surface area contributed by atoms with E-state index in [2.05, 4.69) is 47.2 Å². The lowest BCUT2D eigenvalue weighted by atomic mass is 9.99. The van der Waals surface area contributed by atoms with Gasteiger partial charge in [-0.3, -0.25) is 4.79 Å². The number of ketones is 1. The fourth-order valence-electron chi connectivity index (χ4n) is 5.38. The minimum atomic E-state index is -0.850. The number of aryl methyl sites for hydroxylation is 1. The summed E-state index contributed by atoms with van der Waals surface area (Å²) in [5.74, 6) is 1.39. The van der Waals surface area contributed by atoms with E-state index in [1.54, 1.807) is 31.4 Å². The first-order valence-corrected chi connectivity index (χ1v) is 14.2. The first-order valence-electron chi connectivity index (χ1n) is 14.2. The second-order valence-electron chi connectivity index (χ2n) is 10.4. The highest BCUT2D eigenvalue weighted by molar-refractivity contribution is 6.00. The molecule has 4 aromatic carbocycles. The average molecular weight is 557 g/mol. The van der Waals surface area contributed by atoms with Crippen molar-refractivity contribution in [2.45, 2.75) is 31.5 Å². The normalized spacial score (nSPS) is 17.1. The van der Waals surface area contributed by atoms with Crippen LogP contribution >= 0.6 is 0 Å². The molecule has 0 saturated carbocycles. The van der Waals surface area contributed by atoms with Gasteiger partial charge >= 0.3 is 0 Å². The first-order chi connectivity index (χ1) is 20.6. The number of unbranched alkanes of at least 4 members (excludes halogenated alkanes) is 1. The second-order valence-corrected chi connectivity index (χ2v) is 10.4. The van der Waals surface area contributed by atoms with Gasteiger partial charge in [0, 0.05) is 23.4 Å². The molecule has 210 valence electrons. The summed E-state index contributed by atoms with van der Waals surface area (Å²) in [4.78, 5) is 13.6. The summed E-state index contributed by atoms with van der Waals surface area (Å²) in [6.45, 7) is 0.921. The number of nitrogens with zero attached hydrogens (tertiary/aromatic N) is 2. The Morgan fingerprint density at radius 3 is 2.48 bits per heavy atom. The molecule has 2 aliphatic heterocycles. The van der Waals surface area contributed by atoms with Gasteiger partial charge in [0.1, 0.15) is 11.5 Å². The van der Waals surface area contributed by atoms with Crippen molar-refractivity contribution in [2.24, 2.45) is 0 Å². The van der Waals surface area contributed by atoms with Crippen molar-refractivity contribution in [3.63, 3.8) is 0 Å². The van der Waals surface area contributed by atoms with Crippen molar-refractivity contribution in [3.05, 3.63) is 131 Å². The predicted molar refractivity (Wildman–Crippen MR) is 163 cm³/mol. The Kier molecular flexibility index (Phi) is 7.89. The van der Waals surface area contributed by atoms with Crippen molar-refractivity contribution in [1.29, 1.82) is 5.26 Å². The number of hydrazine groups is 1. The quantitative estimate of drug-likeness (QED) is 0.170. The van der Waals surface area contributed by atoms with E-state index in [0.29, 0.717) is 16.9 Å². The number of rotatable bonds is 10. The van der Waals surface area contributed by atoms with E-state index >= 15 is 0 Å². The lowest BCUT2D eigenvalue weighted by molar-refractivity contribution is -0.0151. The summed E-state index contributed by atoms with van der Waals surface area (Å²) < 4.78 is 11.4. The van der Waals surface area contributed by atoms with Crippen molar-refractivity contribution >= 4 is 17.2 Å². The Hall–Kier alpha value is -5.06. The molecule has 4 aromatic rings. The highest BCUT2D eigenvalue weighted by Gasteiger charge is 2.43. The minimum Gasteiger partial charge on any atom is -0.497 e. The molecule has 0 radical (unpaired) electrons. The van der Waals surface area contributed by atoms with E-state index in [1.807, 2.05) is 53.5 Å². The van der Waals surface area contributed by atoms with Crippen LogP contribution in [0.25, 0.3) is 5.70 Å². The number of nitriles is 1. The summed E-state index contributed by atoms with van der Waals surface area (Å²) in [5.41, 5.74) is 9.85. The maximum atomic E-state index is 13.6. The molecule has 0 spiro atoms. The number of carbonyl (C=O) groups excluding carboxylic acids is 1. The van der Waals surface area contributed by atoms with Crippen LogP contribution in [-0.4, -0.2) is 30.7 Å². The summed E-state index contributed by atoms with van der Waals surface area (Å²) in [7, 11) is 1.67. The highest BCUT2D eigenvalue weighted by atomic mass is 16.5. The molecule has 6 rings (SSSR count). The molecule has 2 unspecified atom stereocenters. The Morgan fingerprint density at radius 2 is 1.74 bits per heavy atom. The predicted octanol–water partition coefficient (Wildman–Crippen LogP) is 6.51. The van der Waals surface area contributed by atoms with Gasteiger partial charge in [0.15, 0.2) is 0 Å². The number of hydrogen-bond acceptors (Lipinski definition) is 7. The third kappa shape index (κ3) is 5.71. The zero-order valence-electron chi connectivity index (χ0n) is 23.4. The number of methoxy groups -OCH3 is 1. The molecule has 0 amide bonds. The number of hydrogen-bond donors (Lipinski definition) is 2. The Morgan fingerprint density at radius 1 is 0.976 bits per heavy atom.